The molecule has 0 unspecified atom stereocenters. The number of aromatic hydroxyl groups is 1. The highest BCUT2D eigenvalue weighted by Crippen LogP contribution is 2.30. The molecule has 0 bridgehead atoms. The SMILES string of the molecule is Oc1cnc(C2CCCCC2)nc1. The largest absolute Gasteiger partial charge is 0.505 e. The highest BCUT2D eigenvalue weighted by Gasteiger charge is 2.17. The fourth-order valence-corrected chi connectivity index (χ4v) is 1.90. The van der Waals surface area contributed by atoms with Gasteiger partial charge < -0.3 is 5.11 Å². The Kier molecular flexibility index (Phi) is 2.43. The van der Waals surface area contributed by atoms with Gasteiger partial charge in [-0.2, -0.15) is 0 Å². The molecule has 1 fully saturated rings. The van der Waals surface area contributed by atoms with Crippen molar-refractivity contribution in [3.8, 4) is 5.75 Å². The molecule has 1 aromatic rings. The monoisotopic (exact) mass is 178 g/mol. The molecule has 0 spiro atoms. The van der Waals surface area contributed by atoms with E-state index in [2.05, 4.69) is 9.97 Å². The first-order chi connectivity index (χ1) is 6.36. The molecule has 3 heteroatoms. The highest BCUT2D eigenvalue weighted by atomic mass is 16.3. The van der Waals surface area contributed by atoms with Gasteiger partial charge in [0.05, 0.1) is 12.4 Å². The number of aromatic nitrogens is 2. The summed E-state index contributed by atoms with van der Waals surface area (Å²) in [5.74, 6) is 1.58. The van der Waals surface area contributed by atoms with Crippen molar-refractivity contribution >= 4 is 0 Å². The molecule has 0 aromatic carbocycles. The minimum atomic E-state index is 0.152. The summed E-state index contributed by atoms with van der Waals surface area (Å²) >= 11 is 0. The quantitative estimate of drug-likeness (QED) is 0.717. The van der Waals surface area contributed by atoms with E-state index in [-0.39, 0.29) is 5.75 Å². The Hall–Kier alpha value is -1.12. The normalized spacial score (nSPS) is 18.8. The highest BCUT2D eigenvalue weighted by molar-refractivity contribution is 5.11. The molecule has 0 aliphatic heterocycles. The summed E-state index contributed by atoms with van der Waals surface area (Å²) in [5.41, 5.74) is 0. The first-order valence-electron chi connectivity index (χ1n) is 4.87. The lowest BCUT2D eigenvalue weighted by molar-refractivity contribution is 0.423. The first-order valence-corrected chi connectivity index (χ1v) is 4.87. The van der Waals surface area contributed by atoms with Gasteiger partial charge in [0, 0.05) is 5.92 Å². The molecule has 13 heavy (non-hydrogen) atoms. The predicted octanol–water partition coefficient (Wildman–Crippen LogP) is 2.23. The predicted molar refractivity (Wildman–Crippen MR) is 49.5 cm³/mol. The van der Waals surface area contributed by atoms with Crippen LogP contribution in [0.4, 0.5) is 0 Å². The van der Waals surface area contributed by atoms with Gasteiger partial charge in [0.1, 0.15) is 5.82 Å². The van der Waals surface area contributed by atoms with Gasteiger partial charge in [-0.05, 0) is 12.8 Å². The summed E-state index contributed by atoms with van der Waals surface area (Å²) in [6.07, 6.45) is 9.28. The van der Waals surface area contributed by atoms with Crippen molar-refractivity contribution in [3.05, 3.63) is 18.2 Å². The summed E-state index contributed by atoms with van der Waals surface area (Å²) in [4.78, 5) is 8.28. The van der Waals surface area contributed by atoms with Crippen molar-refractivity contribution in [2.75, 3.05) is 0 Å². The maximum absolute atomic E-state index is 9.03. The molecular formula is C10H14N2O. The Morgan fingerprint density at radius 3 is 2.31 bits per heavy atom. The lowest BCUT2D eigenvalue weighted by atomic mass is 9.89. The van der Waals surface area contributed by atoms with Crippen molar-refractivity contribution in [1.82, 2.24) is 9.97 Å². The average molecular weight is 178 g/mol. The van der Waals surface area contributed by atoms with Gasteiger partial charge in [-0.1, -0.05) is 19.3 Å². The van der Waals surface area contributed by atoms with Crippen molar-refractivity contribution in [2.45, 2.75) is 38.0 Å². The fourth-order valence-electron chi connectivity index (χ4n) is 1.90. The second-order valence-corrected chi connectivity index (χ2v) is 3.63. The maximum Gasteiger partial charge on any atom is 0.152 e. The van der Waals surface area contributed by atoms with Gasteiger partial charge in [-0.3, -0.25) is 0 Å². The Labute approximate surface area is 77.8 Å². The van der Waals surface area contributed by atoms with Crippen molar-refractivity contribution in [3.63, 3.8) is 0 Å². The molecule has 1 N–H and O–H groups in total. The molecular weight excluding hydrogens is 164 g/mol. The lowest BCUT2D eigenvalue weighted by Gasteiger charge is -2.19. The minimum Gasteiger partial charge on any atom is -0.505 e. The van der Waals surface area contributed by atoms with Crippen molar-refractivity contribution in [1.29, 1.82) is 0 Å². The van der Waals surface area contributed by atoms with Crippen LogP contribution in [0.2, 0.25) is 0 Å². The first kappa shape index (κ1) is 8.48. The molecule has 2 rings (SSSR count). The molecule has 1 aliphatic carbocycles. The van der Waals surface area contributed by atoms with E-state index < -0.39 is 0 Å². The summed E-state index contributed by atoms with van der Waals surface area (Å²) in [7, 11) is 0. The van der Waals surface area contributed by atoms with E-state index in [0.29, 0.717) is 5.92 Å². The van der Waals surface area contributed by atoms with E-state index >= 15 is 0 Å². The Balaban J connectivity index is 2.10. The van der Waals surface area contributed by atoms with E-state index in [1.807, 2.05) is 0 Å². The van der Waals surface area contributed by atoms with Crippen LogP contribution in [0.3, 0.4) is 0 Å². The molecule has 0 atom stereocenters. The average Bonchev–Trinajstić information content (AvgIpc) is 2.20. The van der Waals surface area contributed by atoms with Crippen LogP contribution in [0.5, 0.6) is 5.75 Å². The van der Waals surface area contributed by atoms with E-state index in [4.69, 9.17) is 5.11 Å². The van der Waals surface area contributed by atoms with Crippen LogP contribution in [0.25, 0.3) is 0 Å². The van der Waals surface area contributed by atoms with E-state index in [9.17, 15) is 0 Å². The zero-order chi connectivity index (χ0) is 9.10. The number of rotatable bonds is 1. The van der Waals surface area contributed by atoms with Crippen LogP contribution in [-0.2, 0) is 0 Å². The standard InChI is InChI=1S/C10H14N2O/c13-9-6-11-10(12-7-9)8-4-2-1-3-5-8/h6-8,13H,1-5H2. The van der Waals surface area contributed by atoms with E-state index in [0.717, 1.165) is 5.82 Å². The van der Waals surface area contributed by atoms with E-state index in [1.54, 1.807) is 0 Å². The number of hydrogen-bond donors (Lipinski definition) is 1. The zero-order valence-corrected chi connectivity index (χ0v) is 7.61. The summed E-state index contributed by atoms with van der Waals surface area (Å²) in [6, 6.07) is 0. The van der Waals surface area contributed by atoms with Crippen LogP contribution in [0, 0.1) is 0 Å². The Bertz CT molecular complexity index is 265. The third kappa shape index (κ3) is 1.97. The summed E-state index contributed by atoms with van der Waals surface area (Å²) in [6.45, 7) is 0. The second kappa shape index (κ2) is 3.73. The van der Waals surface area contributed by atoms with Crippen LogP contribution in [0.15, 0.2) is 12.4 Å². The molecule has 1 saturated carbocycles. The van der Waals surface area contributed by atoms with Crippen LogP contribution < -0.4 is 0 Å². The lowest BCUT2D eigenvalue weighted by Crippen LogP contribution is -2.07. The van der Waals surface area contributed by atoms with Crippen LogP contribution in [-0.4, -0.2) is 15.1 Å². The van der Waals surface area contributed by atoms with Crippen LogP contribution in [0.1, 0.15) is 43.8 Å². The second-order valence-electron chi connectivity index (χ2n) is 3.63. The zero-order valence-electron chi connectivity index (χ0n) is 7.61. The molecule has 1 aliphatic rings. The minimum absolute atomic E-state index is 0.152. The van der Waals surface area contributed by atoms with Crippen molar-refractivity contribution in [2.24, 2.45) is 0 Å². The number of nitrogens with zero attached hydrogens (tertiary/aromatic N) is 2. The topological polar surface area (TPSA) is 46.0 Å². The summed E-state index contributed by atoms with van der Waals surface area (Å²) < 4.78 is 0. The van der Waals surface area contributed by atoms with Gasteiger partial charge in [-0.15, -0.1) is 0 Å². The molecule has 3 nitrogen and oxygen atoms in total. The molecule has 1 aromatic heterocycles. The van der Waals surface area contributed by atoms with Crippen molar-refractivity contribution < 1.29 is 5.11 Å². The molecule has 0 saturated heterocycles. The van der Waals surface area contributed by atoms with Gasteiger partial charge in [0.25, 0.3) is 0 Å². The smallest absolute Gasteiger partial charge is 0.152 e. The fraction of sp³-hybridized carbons (Fsp3) is 0.600. The van der Waals surface area contributed by atoms with Crippen LogP contribution >= 0.6 is 0 Å². The Morgan fingerprint density at radius 1 is 1.08 bits per heavy atom. The molecule has 1 heterocycles. The van der Waals surface area contributed by atoms with Gasteiger partial charge >= 0.3 is 0 Å². The third-order valence-corrected chi connectivity index (χ3v) is 2.63. The van der Waals surface area contributed by atoms with Gasteiger partial charge in [0.15, 0.2) is 5.75 Å². The van der Waals surface area contributed by atoms with Gasteiger partial charge in [-0.25, -0.2) is 9.97 Å². The maximum atomic E-state index is 9.03. The summed E-state index contributed by atoms with van der Waals surface area (Å²) in [5, 5.41) is 9.03. The molecule has 0 radical (unpaired) electrons. The number of hydrogen-bond acceptors (Lipinski definition) is 3. The molecule has 70 valence electrons. The van der Waals surface area contributed by atoms with Gasteiger partial charge in [0.2, 0.25) is 0 Å². The van der Waals surface area contributed by atoms with E-state index in [1.165, 1.54) is 44.5 Å². The Morgan fingerprint density at radius 2 is 1.69 bits per heavy atom. The third-order valence-electron chi connectivity index (χ3n) is 2.63. The molecule has 0 amide bonds.